The number of benzene rings is 3. The van der Waals surface area contributed by atoms with Gasteiger partial charge in [-0.2, -0.15) is 0 Å². The Balaban J connectivity index is 1.24. The van der Waals surface area contributed by atoms with Gasteiger partial charge in [0.05, 0.1) is 17.7 Å². The maximum absolute atomic E-state index is 12.4. The number of carbonyl (C=O) groups excluding carboxylic acids is 2. The van der Waals surface area contributed by atoms with Crippen molar-refractivity contribution in [2.45, 2.75) is 25.7 Å². The smallest absolute Gasteiger partial charge is 0.261 e. The van der Waals surface area contributed by atoms with Crippen LogP contribution < -0.4 is 4.74 Å². The predicted octanol–water partition coefficient (Wildman–Crippen LogP) is 7.11. The first-order chi connectivity index (χ1) is 15.6. The second-order valence-electron chi connectivity index (χ2n) is 7.66. The molecule has 2 amide bonds. The fourth-order valence-electron chi connectivity index (χ4n) is 3.90. The molecule has 0 N–H and O–H groups in total. The van der Waals surface area contributed by atoms with E-state index in [0.717, 1.165) is 51.5 Å². The van der Waals surface area contributed by atoms with Crippen LogP contribution >= 0.6 is 31.9 Å². The summed E-state index contributed by atoms with van der Waals surface area (Å²) in [4.78, 5) is 26.2. The number of nitrogens with zero attached hydrogens (tertiary/aromatic N) is 1. The number of rotatable bonds is 9. The van der Waals surface area contributed by atoms with Crippen LogP contribution in [0.4, 0.5) is 0 Å². The summed E-state index contributed by atoms with van der Waals surface area (Å²) in [6, 6.07) is 21.1. The molecule has 6 heteroatoms. The van der Waals surface area contributed by atoms with Crippen molar-refractivity contribution in [3.63, 3.8) is 0 Å². The Morgan fingerprint density at radius 1 is 0.656 bits per heavy atom. The molecule has 32 heavy (non-hydrogen) atoms. The van der Waals surface area contributed by atoms with E-state index in [9.17, 15) is 9.59 Å². The zero-order valence-electron chi connectivity index (χ0n) is 17.5. The Kier molecular flexibility index (Phi) is 7.43. The highest BCUT2D eigenvalue weighted by atomic mass is 79.9. The molecule has 1 heterocycles. The van der Waals surface area contributed by atoms with Crippen molar-refractivity contribution in [1.29, 1.82) is 0 Å². The van der Waals surface area contributed by atoms with Crippen LogP contribution in [0.2, 0.25) is 0 Å². The number of carbonyl (C=O) groups is 2. The molecule has 0 bridgehead atoms. The maximum atomic E-state index is 12.4. The summed E-state index contributed by atoms with van der Waals surface area (Å²) >= 11 is 7.27. The van der Waals surface area contributed by atoms with Crippen LogP contribution in [0.3, 0.4) is 0 Å². The summed E-state index contributed by atoms with van der Waals surface area (Å²) < 4.78 is 8.12. The Labute approximate surface area is 204 Å². The minimum Gasteiger partial charge on any atom is -0.493 e. The first-order valence-corrected chi connectivity index (χ1v) is 12.3. The van der Waals surface area contributed by atoms with E-state index in [2.05, 4.69) is 37.9 Å². The van der Waals surface area contributed by atoms with Crippen molar-refractivity contribution >= 4 is 43.7 Å². The van der Waals surface area contributed by atoms with Crippen LogP contribution in [0, 0.1) is 0 Å². The molecule has 1 aliphatic rings. The van der Waals surface area contributed by atoms with Crippen molar-refractivity contribution in [2.75, 3.05) is 13.2 Å². The lowest BCUT2D eigenvalue weighted by molar-refractivity contribution is 0.0651. The Morgan fingerprint density at radius 3 is 1.88 bits per heavy atom. The van der Waals surface area contributed by atoms with E-state index in [1.54, 1.807) is 24.3 Å². The number of para-hydroxylation sites is 1. The molecule has 0 aromatic heterocycles. The van der Waals surface area contributed by atoms with Crippen molar-refractivity contribution in [3.8, 4) is 16.9 Å². The molecule has 0 saturated carbocycles. The van der Waals surface area contributed by atoms with Gasteiger partial charge in [-0.15, -0.1) is 0 Å². The van der Waals surface area contributed by atoms with Gasteiger partial charge in [0.25, 0.3) is 11.8 Å². The average molecular weight is 557 g/mol. The number of hydrogen-bond donors (Lipinski definition) is 0. The number of halogens is 2. The van der Waals surface area contributed by atoms with E-state index in [0.29, 0.717) is 24.3 Å². The highest BCUT2D eigenvalue weighted by Gasteiger charge is 2.34. The molecule has 0 saturated heterocycles. The number of fused-ring (bicyclic) bond motifs is 1. The molecule has 3 aromatic carbocycles. The van der Waals surface area contributed by atoms with Gasteiger partial charge < -0.3 is 4.74 Å². The molecular formula is C26H23Br2NO3. The van der Waals surface area contributed by atoms with Gasteiger partial charge in [-0.25, -0.2) is 0 Å². The molecule has 4 nitrogen and oxygen atoms in total. The number of unbranched alkanes of at least 4 members (excludes halogenated alkanes) is 3. The van der Waals surface area contributed by atoms with Crippen molar-refractivity contribution in [2.24, 2.45) is 0 Å². The lowest BCUT2D eigenvalue weighted by Gasteiger charge is -2.15. The van der Waals surface area contributed by atoms with Gasteiger partial charge in [0.2, 0.25) is 0 Å². The van der Waals surface area contributed by atoms with E-state index < -0.39 is 0 Å². The predicted molar refractivity (Wildman–Crippen MR) is 133 cm³/mol. The molecule has 4 rings (SSSR count). The topological polar surface area (TPSA) is 46.6 Å². The summed E-state index contributed by atoms with van der Waals surface area (Å²) in [5.41, 5.74) is 3.14. The third-order valence-corrected chi connectivity index (χ3v) is 6.85. The average Bonchev–Trinajstić information content (AvgIpc) is 3.04. The van der Waals surface area contributed by atoms with E-state index in [1.807, 2.05) is 36.4 Å². The number of hydrogen-bond acceptors (Lipinski definition) is 3. The number of imide groups is 1. The first-order valence-electron chi connectivity index (χ1n) is 10.7. The van der Waals surface area contributed by atoms with Gasteiger partial charge in [-0.05, 0) is 43.2 Å². The molecule has 1 aliphatic heterocycles. The van der Waals surface area contributed by atoms with Gasteiger partial charge in [0.15, 0.2) is 0 Å². The fraction of sp³-hybridized carbons (Fsp3) is 0.231. The van der Waals surface area contributed by atoms with Crippen LogP contribution in [0.5, 0.6) is 5.75 Å². The highest BCUT2D eigenvalue weighted by Crippen LogP contribution is 2.39. The van der Waals surface area contributed by atoms with E-state index in [1.165, 1.54) is 4.90 Å². The first kappa shape index (κ1) is 22.7. The standard InChI is InChI=1S/C26H23Br2NO3/c27-21-13-9-14-22(28)24(21)20-12-5-6-15-23(20)32-17-8-2-1-7-16-29-25(30)18-10-3-4-11-19(18)26(29)31/h3-6,9-15H,1-2,7-8,16-17H2. The third kappa shape index (κ3) is 4.81. The molecular weight excluding hydrogens is 534 g/mol. The van der Waals surface area contributed by atoms with E-state index in [-0.39, 0.29) is 11.8 Å². The molecule has 3 aromatic rings. The molecule has 164 valence electrons. The van der Waals surface area contributed by atoms with Crippen LogP contribution in [0.25, 0.3) is 11.1 Å². The zero-order valence-corrected chi connectivity index (χ0v) is 20.7. The summed E-state index contributed by atoms with van der Waals surface area (Å²) in [6.07, 6.45) is 3.62. The molecule has 0 atom stereocenters. The lowest BCUT2D eigenvalue weighted by Crippen LogP contribution is -2.30. The van der Waals surface area contributed by atoms with Crippen LogP contribution in [0.15, 0.2) is 75.7 Å². The van der Waals surface area contributed by atoms with Crippen molar-refractivity contribution < 1.29 is 14.3 Å². The van der Waals surface area contributed by atoms with Gasteiger partial charge >= 0.3 is 0 Å². The van der Waals surface area contributed by atoms with Gasteiger partial charge in [-0.1, -0.05) is 81.1 Å². The van der Waals surface area contributed by atoms with Crippen LogP contribution in [-0.4, -0.2) is 29.9 Å². The summed E-state index contributed by atoms with van der Waals surface area (Å²) in [7, 11) is 0. The van der Waals surface area contributed by atoms with Gasteiger partial charge in [-0.3, -0.25) is 14.5 Å². The Hall–Kier alpha value is -2.44. The monoisotopic (exact) mass is 555 g/mol. The van der Waals surface area contributed by atoms with Gasteiger partial charge in [0, 0.05) is 26.6 Å². The molecule has 0 aliphatic carbocycles. The van der Waals surface area contributed by atoms with Gasteiger partial charge in [0.1, 0.15) is 5.75 Å². The Morgan fingerprint density at radius 2 is 1.22 bits per heavy atom. The lowest BCUT2D eigenvalue weighted by atomic mass is 10.0. The van der Waals surface area contributed by atoms with Crippen LogP contribution in [-0.2, 0) is 0 Å². The Bertz CT molecular complexity index is 1090. The van der Waals surface area contributed by atoms with Crippen molar-refractivity contribution in [3.05, 3.63) is 86.8 Å². The van der Waals surface area contributed by atoms with Crippen LogP contribution in [0.1, 0.15) is 46.4 Å². The van der Waals surface area contributed by atoms with E-state index >= 15 is 0 Å². The fourth-order valence-corrected chi connectivity index (χ4v) is 5.33. The minimum absolute atomic E-state index is 0.177. The summed E-state index contributed by atoms with van der Waals surface area (Å²) in [5.74, 6) is 0.499. The second-order valence-corrected chi connectivity index (χ2v) is 9.37. The zero-order chi connectivity index (χ0) is 22.5. The van der Waals surface area contributed by atoms with Crippen molar-refractivity contribution in [1.82, 2.24) is 4.90 Å². The number of ether oxygens (including phenoxy) is 1. The molecule has 0 radical (unpaired) electrons. The minimum atomic E-state index is -0.177. The normalized spacial score (nSPS) is 12.9. The summed E-state index contributed by atoms with van der Waals surface area (Å²) in [5, 5.41) is 0. The summed E-state index contributed by atoms with van der Waals surface area (Å²) in [6.45, 7) is 1.08. The quantitative estimate of drug-likeness (QED) is 0.208. The molecule has 0 fully saturated rings. The largest absolute Gasteiger partial charge is 0.493 e. The maximum Gasteiger partial charge on any atom is 0.261 e. The molecule has 0 spiro atoms. The molecule has 0 unspecified atom stereocenters. The highest BCUT2D eigenvalue weighted by molar-refractivity contribution is 9.11. The second kappa shape index (κ2) is 10.5. The SMILES string of the molecule is O=C1c2ccccc2C(=O)N1CCCCCCOc1ccccc1-c1c(Br)cccc1Br. The van der Waals surface area contributed by atoms with E-state index in [4.69, 9.17) is 4.74 Å². The third-order valence-electron chi connectivity index (χ3n) is 5.53. The number of amides is 2.